The van der Waals surface area contributed by atoms with Crippen molar-refractivity contribution in [2.45, 2.75) is 33.2 Å². The predicted octanol–water partition coefficient (Wildman–Crippen LogP) is 2.55. The highest BCUT2D eigenvalue weighted by Gasteiger charge is 2.12. The number of hydrogen-bond donors (Lipinski definition) is 0. The predicted molar refractivity (Wildman–Crippen MR) is 50.0 cm³/mol. The smallest absolute Gasteiger partial charge is 0.0915 e. The van der Waals surface area contributed by atoms with Gasteiger partial charge in [0.1, 0.15) is 0 Å². The van der Waals surface area contributed by atoms with Crippen LogP contribution in [-0.4, -0.2) is 17.3 Å². The van der Waals surface area contributed by atoms with Gasteiger partial charge in [0.15, 0.2) is 0 Å². The molecule has 1 aliphatic heterocycles. The van der Waals surface area contributed by atoms with E-state index in [4.69, 9.17) is 0 Å². The van der Waals surface area contributed by atoms with Crippen LogP contribution in [0.2, 0.25) is 0 Å². The van der Waals surface area contributed by atoms with Gasteiger partial charge < -0.3 is 0 Å². The van der Waals surface area contributed by atoms with Gasteiger partial charge in [-0.1, -0.05) is 13.8 Å². The second-order valence-electron chi connectivity index (χ2n) is 2.23. The molecule has 10 heavy (non-hydrogen) atoms. The van der Waals surface area contributed by atoms with E-state index >= 15 is 0 Å². The number of rotatable bonds is 0. The normalized spacial score (nSPS) is 19.6. The van der Waals surface area contributed by atoms with Crippen LogP contribution in [-0.2, 0) is 0 Å². The fourth-order valence-corrected chi connectivity index (χ4v) is 1.07. The van der Waals surface area contributed by atoms with Crippen LogP contribution in [0.15, 0.2) is 9.39 Å². The van der Waals surface area contributed by atoms with Gasteiger partial charge in [0.25, 0.3) is 0 Å². The minimum Gasteiger partial charge on any atom is -0.273 e. The van der Waals surface area contributed by atoms with Crippen molar-refractivity contribution >= 4 is 23.7 Å². The maximum atomic E-state index is 4.15. The molecule has 0 aromatic rings. The number of hydrogen-bond acceptors (Lipinski definition) is 3. The topological polar surface area (TPSA) is 24.7 Å². The molecule has 0 bridgehead atoms. The summed E-state index contributed by atoms with van der Waals surface area (Å²) in [5, 5.41) is 0. The second kappa shape index (κ2) is 4.50. The second-order valence-corrected chi connectivity index (χ2v) is 2.86. The Morgan fingerprint density at radius 2 is 1.90 bits per heavy atom. The Labute approximate surface area is 67.0 Å². The van der Waals surface area contributed by atoms with Crippen LogP contribution in [0.4, 0.5) is 0 Å². The molecule has 0 radical (unpaired) electrons. The molecule has 1 aliphatic rings. The quantitative estimate of drug-likeness (QED) is 0.497. The SMILES string of the molecule is CC.CC1(C)C=NSC=N1. The van der Waals surface area contributed by atoms with Gasteiger partial charge in [-0.15, -0.1) is 0 Å². The number of nitrogens with zero attached hydrogens (tertiary/aromatic N) is 2. The molecule has 2 nitrogen and oxygen atoms in total. The van der Waals surface area contributed by atoms with Crippen LogP contribution in [0.25, 0.3) is 0 Å². The highest BCUT2D eigenvalue weighted by atomic mass is 32.2. The van der Waals surface area contributed by atoms with Crippen LogP contribution in [0.1, 0.15) is 27.7 Å². The first-order chi connectivity index (χ1) is 4.71. The largest absolute Gasteiger partial charge is 0.273 e. The van der Waals surface area contributed by atoms with Crippen LogP contribution < -0.4 is 0 Å². The third-order valence-corrected chi connectivity index (χ3v) is 1.29. The zero-order chi connectivity index (χ0) is 8.04. The monoisotopic (exact) mass is 158 g/mol. The Morgan fingerprint density at radius 3 is 2.10 bits per heavy atom. The van der Waals surface area contributed by atoms with Crippen molar-refractivity contribution in [3.8, 4) is 0 Å². The van der Waals surface area contributed by atoms with Crippen LogP contribution in [0, 0.1) is 0 Å². The van der Waals surface area contributed by atoms with E-state index in [0.717, 1.165) is 0 Å². The van der Waals surface area contributed by atoms with Crippen LogP contribution in [0.5, 0.6) is 0 Å². The minimum absolute atomic E-state index is 0.0642. The summed E-state index contributed by atoms with van der Waals surface area (Å²) in [6.45, 7) is 8.04. The van der Waals surface area contributed by atoms with Gasteiger partial charge in [0.05, 0.1) is 11.1 Å². The minimum atomic E-state index is -0.0642. The summed E-state index contributed by atoms with van der Waals surface area (Å²) in [5.41, 5.74) is 1.70. The summed E-state index contributed by atoms with van der Waals surface area (Å²) in [6.07, 6.45) is 1.84. The summed E-state index contributed by atoms with van der Waals surface area (Å²) >= 11 is 1.37. The Morgan fingerprint density at radius 1 is 1.30 bits per heavy atom. The zero-order valence-electron chi connectivity index (χ0n) is 6.96. The maximum absolute atomic E-state index is 4.15. The molecule has 0 saturated carbocycles. The molecule has 0 saturated heterocycles. The fraction of sp³-hybridized carbons (Fsp3) is 0.714. The highest BCUT2D eigenvalue weighted by Crippen LogP contribution is 2.13. The van der Waals surface area contributed by atoms with Crippen molar-refractivity contribution in [3.05, 3.63) is 0 Å². The lowest BCUT2D eigenvalue weighted by Crippen LogP contribution is -2.19. The molecule has 1 heterocycles. The van der Waals surface area contributed by atoms with Crippen LogP contribution >= 0.6 is 11.9 Å². The summed E-state index contributed by atoms with van der Waals surface area (Å²) in [5.74, 6) is 0. The summed E-state index contributed by atoms with van der Waals surface area (Å²) in [6, 6.07) is 0. The van der Waals surface area contributed by atoms with E-state index < -0.39 is 0 Å². The van der Waals surface area contributed by atoms with Gasteiger partial charge in [-0.2, -0.15) is 0 Å². The average Bonchev–Trinajstić information content (AvgIpc) is 1.92. The molecule has 0 aromatic carbocycles. The lowest BCUT2D eigenvalue weighted by Gasteiger charge is -2.13. The first-order valence-corrected chi connectivity index (χ1v) is 4.28. The molecule has 3 heteroatoms. The molecule has 0 unspecified atom stereocenters. The fourth-order valence-electron chi connectivity index (χ4n) is 0.379. The molecule has 0 aliphatic carbocycles. The Hall–Kier alpha value is -0.310. The first-order valence-electron chi connectivity index (χ1n) is 3.45. The van der Waals surface area contributed by atoms with Crippen molar-refractivity contribution in [2.24, 2.45) is 9.39 Å². The Bertz CT molecular complexity index is 125. The highest BCUT2D eigenvalue weighted by molar-refractivity contribution is 8.11. The Balaban J connectivity index is 0.000000371. The molecule has 0 aromatic heterocycles. The maximum Gasteiger partial charge on any atom is 0.0915 e. The van der Waals surface area contributed by atoms with Gasteiger partial charge in [0, 0.05) is 18.2 Å². The summed E-state index contributed by atoms with van der Waals surface area (Å²) < 4.78 is 3.97. The molecule has 58 valence electrons. The van der Waals surface area contributed by atoms with Gasteiger partial charge >= 0.3 is 0 Å². The van der Waals surface area contributed by atoms with Crippen molar-refractivity contribution < 1.29 is 0 Å². The molecule has 0 atom stereocenters. The lowest BCUT2D eigenvalue weighted by atomic mass is 10.1. The lowest BCUT2D eigenvalue weighted by molar-refractivity contribution is 0.723. The van der Waals surface area contributed by atoms with E-state index in [9.17, 15) is 0 Å². The molecular weight excluding hydrogens is 144 g/mol. The molecule has 0 N–H and O–H groups in total. The third-order valence-electron chi connectivity index (χ3n) is 0.862. The first kappa shape index (κ1) is 9.69. The summed E-state index contributed by atoms with van der Waals surface area (Å²) in [7, 11) is 0. The van der Waals surface area contributed by atoms with Gasteiger partial charge in [-0.3, -0.25) is 4.99 Å². The van der Waals surface area contributed by atoms with Gasteiger partial charge in [0.2, 0.25) is 0 Å². The van der Waals surface area contributed by atoms with Crippen molar-refractivity contribution in [3.63, 3.8) is 0 Å². The van der Waals surface area contributed by atoms with Crippen molar-refractivity contribution in [2.75, 3.05) is 0 Å². The average molecular weight is 158 g/mol. The van der Waals surface area contributed by atoms with E-state index in [2.05, 4.69) is 9.39 Å². The third kappa shape index (κ3) is 3.67. The van der Waals surface area contributed by atoms with E-state index in [1.807, 2.05) is 33.9 Å². The molecule has 1 rings (SSSR count). The van der Waals surface area contributed by atoms with E-state index in [1.54, 1.807) is 5.55 Å². The molecule has 0 fully saturated rings. The van der Waals surface area contributed by atoms with Crippen molar-refractivity contribution in [1.29, 1.82) is 0 Å². The summed E-state index contributed by atoms with van der Waals surface area (Å²) in [4.78, 5) is 4.15. The van der Waals surface area contributed by atoms with Gasteiger partial charge in [-0.05, 0) is 13.8 Å². The molecule has 0 amide bonds. The van der Waals surface area contributed by atoms with E-state index in [-0.39, 0.29) is 5.54 Å². The van der Waals surface area contributed by atoms with Crippen molar-refractivity contribution in [1.82, 2.24) is 0 Å². The van der Waals surface area contributed by atoms with E-state index in [1.165, 1.54) is 11.9 Å². The zero-order valence-corrected chi connectivity index (χ0v) is 7.77. The van der Waals surface area contributed by atoms with Gasteiger partial charge in [-0.25, -0.2) is 4.40 Å². The Kier molecular flexibility index (Phi) is 4.36. The number of aliphatic imine (C=N–C) groups is 1. The molecular formula is C7H14N2S. The van der Waals surface area contributed by atoms with Crippen LogP contribution in [0.3, 0.4) is 0 Å². The molecule has 0 spiro atoms. The standard InChI is InChI=1S/C5H8N2S.C2H6/c1-5(2)3-7-8-4-6-5;1-2/h3-4H,1-2H3;1-2H3. The van der Waals surface area contributed by atoms with E-state index in [0.29, 0.717) is 0 Å².